The second kappa shape index (κ2) is 7.22. The molecule has 2 N–H and O–H groups in total. The van der Waals surface area contributed by atoms with E-state index in [0.29, 0.717) is 11.4 Å². The first-order valence-electron chi connectivity index (χ1n) is 7.08. The van der Waals surface area contributed by atoms with Crippen LogP contribution in [0.25, 0.3) is 0 Å². The Labute approximate surface area is 133 Å². The number of aromatic nitrogens is 2. The first kappa shape index (κ1) is 16.2. The molecule has 0 unspecified atom stereocenters. The maximum absolute atomic E-state index is 12.3. The molecule has 118 valence electrons. The summed E-state index contributed by atoms with van der Waals surface area (Å²) in [6.07, 6.45) is 1.68. The van der Waals surface area contributed by atoms with E-state index in [9.17, 15) is 9.59 Å². The van der Waals surface area contributed by atoms with Crippen LogP contribution in [0.5, 0.6) is 0 Å². The minimum absolute atomic E-state index is 0.00421. The molecule has 0 aliphatic carbocycles. The van der Waals surface area contributed by atoms with Gasteiger partial charge in [-0.3, -0.25) is 14.3 Å². The van der Waals surface area contributed by atoms with Gasteiger partial charge in [0.15, 0.2) is 0 Å². The van der Waals surface area contributed by atoms with Crippen molar-refractivity contribution in [1.29, 1.82) is 0 Å². The van der Waals surface area contributed by atoms with Crippen molar-refractivity contribution >= 4 is 23.2 Å². The highest BCUT2D eigenvalue weighted by Gasteiger charge is 2.24. The predicted octanol–water partition coefficient (Wildman–Crippen LogP) is 1.55. The third kappa shape index (κ3) is 3.94. The number of amides is 2. The number of carbonyl (C=O) groups excluding carboxylic acids is 2. The fraction of sp³-hybridized carbons (Fsp3) is 0.400. The summed E-state index contributed by atoms with van der Waals surface area (Å²) in [6.45, 7) is 4.19. The number of rotatable bonds is 6. The van der Waals surface area contributed by atoms with Crippen LogP contribution in [-0.4, -0.2) is 27.6 Å². The number of thiophene rings is 1. The molecule has 0 radical (unpaired) electrons. The van der Waals surface area contributed by atoms with Crippen molar-refractivity contribution in [1.82, 2.24) is 20.4 Å². The van der Waals surface area contributed by atoms with Gasteiger partial charge in [0.05, 0.1) is 17.1 Å². The molecule has 0 aromatic carbocycles. The number of carbonyl (C=O) groups is 2. The molecule has 2 aromatic rings. The lowest BCUT2D eigenvalue weighted by Crippen LogP contribution is -2.49. The van der Waals surface area contributed by atoms with Crippen LogP contribution >= 0.6 is 11.3 Å². The molecule has 0 aliphatic rings. The Kier molecular flexibility index (Phi) is 5.32. The third-order valence-corrected chi connectivity index (χ3v) is 4.22. The van der Waals surface area contributed by atoms with Gasteiger partial charge >= 0.3 is 0 Å². The van der Waals surface area contributed by atoms with E-state index in [1.165, 1.54) is 11.3 Å². The summed E-state index contributed by atoms with van der Waals surface area (Å²) in [5.74, 6) is -0.416. The van der Waals surface area contributed by atoms with Crippen molar-refractivity contribution in [2.45, 2.75) is 26.4 Å². The Morgan fingerprint density at radius 1 is 1.36 bits per heavy atom. The molecule has 22 heavy (non-hydrogen) atoms. The van der Waals surface area contributed by atoms with Crippen LogP contribution in [-0.2, 0) is 18.4 Å². The van der Waals surface area contributed by atoms with Crippen LogP contribution in [0, 0.1) is 5.92 Å². The van der Waals surface area contributed by atoms with Crippen LogP contribution in [0.1, 0.15) is 29.2 Å². The van der Waals surface area contributed by atoms with E-state index in [4.69, 9.17) is 0 Å². The van der Waals surface area contributed by atoms with Gasteiger partial charge in [-0.05, 0) is 23.4 Å². The molecule has 6 nitrogen and oxygen atoms in total. The summed E-state index contributed by atoms with van der Waals surface area (Å²) in [6, 6.07) is 4.83. The van der Waals surface area contributed by atoms with E-state index in [2.05, 4.69) is 15.7 Å². The van der Waals surface area contributed by atoms with Gasteiger partial charge in [0.25, 0.3) is 5.91 Å². The highest BCUT2D eigenvalue weighted by molar-refractivity contribution is 7.12. The van der Waals surface area contributed by atoms with Gasteiger partial charge in [-0.2, -0.15) is 5.10 Å². The van der Waals surface area contributed by atoms with Gasteiger partial charge in [-0.25, -0.2) is 0 Å². The molecule has 2 amide bonds. The van der Waals surface area contributed by atoms with Crippen molar-refractivity contribution in [3.05, 3.63) is 40.3 Å². The Hall–Kier alpha value is -2.15. The maximum atomic E-state index is 12.3. The minimum Gasteiger partial charge on any atom is -0.349 e. The first-order valence-corrected chi connectivity index (χ1v) is 7.96. The molecule has 2 aromatic heterocycles. The van der Waals surface area contributed by atoms with Gasteiger partial charge < -0.3 is 10.6 Å². The maximum Gasteiger partial charge on any atom is 0.262 e. The highest BCUT2D eigenvalue weighted by Crippen LogP contribution is 2.10. The Morgan fingerprint density at radius 2 is 2.14 bits per heavy atom. The lowest BCUT2D eigenvalue weighted by Gasteiger charge is -2.21. The Bertz CT molecular complexity index is 634. The fourth-order valence-corrected chi connectivity index (χ4v) is 2.64. The van der Waals surface area contributed by atoms with Crippen LogP contribution < -0.4 is 10.6 Å². The Morgan fingerprint density at radius 3 is 2.68 bits per heavy atom. The summed E-state index contributed by atoms with van der Waals surface area (Å²) in [5.41, 5.74) is 0.903. The van der Waals surface area contributed by atoms with Crippen molar-refractivity contribution < 1.29 is 9.59 Å². The molecule has 2 heterocycles. The molecule has 1 atom stereocenters. The molecule has 2 rings (SSSR count). The molecule has 0 fully saturated rings. The molecular formula is C15H20N4O2S. The van der Waals surface area contributed by atoms with Gasteiger partial charge in [0.2, 0.25) is 5.91 Å². The number of nitrogens with one attached hydrogen (secondary N) is 2. The van der Waals surface area contributed by atoms with Gasteiger partial charge in [0.1, 0.15) is 6.04 Å². The van der Waals surface area contributed by atoms with Crippen LogP contribution in [0.15, 0.2) is 29.8 Å². The van der Waals surface area contributed by atoms with Crippen molar-refractivity contribution in [2.75, 3.05) is 0 Å². The minimum atomic E-state index is -0.567. The number of hydrogen-bond donors (Lipinski definition) is 2. The Balaban J connectivity index is 1.96. The first-order chi connectivity index (χ1) is 10.5. The second-order valence-electron chi connectivity index (χ2n) is 5.34. The topological polar surface area (TPSA) is 76.0 Å². The molecule has 7 heteroatoms. The van der Waals surface area contributed by atoms with Gasteiger partial charge in [0, 0.05) is 13.2 Å². The average Bonchev–Trinajstić information content (AvgIpc) is 3.13. The monoisotopic (exact) mass is 320 g/mol. The zero-order chi connectivity index (χ0) is 16.1. The number of nitrogens with zero attached hydrogens (tertiary/aromatic N) is 2. The van der Waals surface area contributed by atoms with E-state index < -0.39 is 6.04 Å². The highest BCUT2D eigenvalue weighted by atomic mass is 32.1. The molecule has 0 spiro atoms. The summed E-state index contributed by atoms with van der Waals surface area (Å²) in [7, 11) is 1.82. The summed E-state index contributed by atoms with van der Waals surface area (Å²) < 4.78 is 1.70. The van der Waals surface area contributed by atoms with Crippen molar-refractivity contribution in [3.8, 4) is 0 Å². The third-order valence-electron chi connectivity index (χ3n) is 3.35. The van der Waals surface area contributed by atoms with E-state index >= 15 is 0 Å². The lowest BCUT2D eigenvalue weighted by atomic mass is 10.0. The molecule has 0 aliphatic heterocycles. The van der Waals surface area contributed by atoms with E-state index in [1.807, 2.05) is 38.4 Å². The molecule has 0 bridgehead atoms. The molecule has 0 saturated carbocycles. The SMILES string of the molecule is CC(C)[C@H](NC(=O)c1cccs1)C(=O)NCc1ccnn1C. The summed E-state index contributed by atoms with van der Waals surface area (Å²) in [5, 5.41) is 11.5. The van der Waals surface area contributed by atoms with E-state index in [0.717, 1.165) is 5.69 Å². The molecule has 0 saturated heterocycles. The van der Waals surface area contributed by atoms with Gasteiger partial charge in [-0.15, -0.1) is 11.3 Å². The fourth-order valence-electron chi connectivity index (χ4n) is 2.02. The smallest absolute Gasteiger partial charge is 0.262 e. The summed E-state index contributed by atoms with van der Waals surface area (Å²) in [4.78, 5) is 25.1. The standard InChI is InChI=1S/C15H20N4O2S/c1-10(2)13(18-14(20)12-5-4-8-22-12)15(21)16-9-11-6-7-17-19(11)3/h4-8,10,13H,9H2,1-3H3,(H,16,21)(H,18,20)/t13-/m0/s1. The number of aryl methyl sites for hydroxylation is 1. The van der Waals surface area contributed by atoms with Crippen LogP contribution in [0.2, 0.25) is 0 Å². The van der Waals surface area contributed by atoms with Crippen molar-refractivity contribution in [3.63, 3.8) is 0 Å². The zero-order valence-corrected chi connectivity index (χ0v) is 13.7. The van der Waals surface area contributed by atoms with Crippen LogP contribution in [0.3, 0.4) is 0 Å². The van der Waals surface area contributed by atoms with E-state index in [1.54, 1.807) is 16.9 Å². The lowest BCUT2D eigenvalue weighted by molar-refractivity contribution is -0.124. The second-order valence-corrected chi connectivity index (χ2v) is 6.28. The van der Waals surface area contributed by atoms with Crippen LogP contribution in [0.4, 0.5) is 0 Å². The van der Waals surface area contributed by atoms with Gasteiger partial charge in [-0.1, -0.05) is 19.9 Å². The number of hydrogen-bond acceptors (Lipinski definition) is 4. The zero-order valence-electron chi connectivity index (χ0n) is 12.9. The van der Waals surface area contributed by atoms with E-state index in [-0.39, 0.29) is 17.7 Å². The quantitative estimate of drug-likeness (QED) is 0.848. The molecular weight excluding hydrogens is 300 g/mol. The average molecular weight is 320 g/mol. The normalized spacial score (nSPS) is 12.2. The largest absolute Gasteiger partial charge is 0.349 e. The van der Waals surface area contributed by atoms with Crippen molar-refractivity contribution in [2.24, 2.45) is 13.0 Å². The summed E-state index contributed by atoms with van der Waals surface area (Å²) >= 11 is 1.35. The predicted molar refractivity (Wildman–Crippen MR) is 85.5 cm³/mol.